The Morgan fingerprint density at radius 1 is 0.369 bits per heavy atom. The van der Waals surface area contributed by atoms with E-state index in [0.29, 0.717) is 56.6 Å². The lowest BCUT2D eigenvalue weighted by molar-refractivity contribution is 0.0910. The van der Waals surface area contributed by atoms with Crippen LogP contribution in [0, 0.1) is 24.7 Å². The number of benzene rings is 8. The van der Waals surface area contributed by atoms with Crippen LogP contribution in [0.25, 0.3) is 11.1 Å². The molecule has 0 saturated heterocycles. The number of hydrogen-bond donors (Lipinski definition) is 0. The molecule has 65 heavy (non-hydrogen) atoms. The van der Waals surface area contributed by atoms with Crippen molar-refractivity contribution in [2.75, 3.05) is 9.80 Å². The van der Waals surface area contributed by atoms with Crippen molar-refractivity contribution in [1.82, 2.24) is 0 Å². The van der Waals surface area contributed by atoms with E-state index in [1.165, 1.54) is 0 Å². The fourth-order valence-electron chi connectivity index (χ4n) is 9.29. The second-order valence-electron chi connectivity index (χ2n) is 15.8. The third-order valence-corrected chi connectivity index (χ3v) is 12.3. The van der Waals surface area contributed by atoms with Crippen molar-refractivity contribution >= 4 is 35.0 Å². The van der Waals surface area contributed by atoms with Gasteiger partial charge in [-0.05, 0) is 143 Å². The molecule has 8 aromatic carbocycles. The molecule has 0 bridgehead atoms. The highest BCUT2D eigenvalue weighted by molar-refractivity contribution is 6.35. The fraction of sp³-hybridized carbons (Fsp3) is 0.0175. The highest BCUT2D eigenvalue weighted by atomic mass is 16.5. The molecule has 11 rings (SSSR count). The van der Waals surface area contributed by atoms with E-state index in [4.69, 9.17) is 22.3 Å². The molecule has 0 atom stereocenters. The number of hydrogen-bond acceptors (Lipinski definition) is 6. The van der Waals surface area contributed by atoms with Crippen LogP contribution in [0.5, 0.6) is 23.0 Å². The Hall–Kier alpha value is -9.24. The van der Waals surface area contributed by atoms with Crippen LogP contribution in [0.2, 0.25) is 0 Å². The number of amides is 4. The lowest BCUT2D eigenvalue weighted by atomic mass is 9.68. The second kappa shape index (κ2) is 15.0. The van der Waals surface area contributed by atoms with Gasteiger partial charge in [0.05, 0.1) is 39.0 Å². The van der Waals surface area contributed by atoms with Gasteiger partial charge in [-0.25, -0.2) is 9.80 Å². The number of rotatable bonds is 8. The molecule has 0 unspecified atom stereocenters. The normalized spacial score (nSPS) is 14.0. The molecule has 0 radical (unpaired) electrons. The largest absolute Gasteiger partial charge is 0.457 e. The summed E-state index contributed by atoms with van der Waals surface area (Å²) in [6.07, 6.45) is 11.0. The SMILES string of the molecule is C#Cc1ccc(N2C(=O)c3ccc(Oc4ccc(C5(c6ccc(Oc7ccc8c(c7)C(=O)N(c7ccc(C#C)cc7)C8=O)cc6)c6ccccc6-c6ccccc65)cc4)cc3C2=O)cc1. The quantitative estimate of drug-likeness (QED) is 0.112. The smallest absolute Gasteiger partial charge is 0.266 e. The molecule has 0 aromatic heterocycles. The van der Waals surface area contributed by atoms with E-state index in [9.17, 15) is 19.2 Å². The van der Waals surface area contributed by atoms with E-state index in [0.717, 1.165) is 43.2 Å². The van der Waals surface area contributed by atoms with Crippen molar-refractivity contribution in [3.8, 4) is 58.8 Å². The lowest BCUT2D eigenvalue weighted by Crippen LogP contribution is -2.29. The summed E-state index contributed by atoms with van der Waals surface area (Å²) in [7, 11) is 0. The Kier molecular flexibility index (Phi) is 8.92. The van der Waals surface area contributed by atoms with Gasteiger partial charge in [-0.1, -0.05) is 84.6 Å². The summed E-state index contributed by atoms with van der Waals surface area (Å²) in [5, 5.41) is 0. The van der Waals surface area contributed by atoms with Crippen molar-refractivity contribution in [2.24, 2.45) is 0 Å². The van der Waals surface area contributed by atoms with Gasteiger partial charge in [0, 0.05) is 11.1 Å². The first-order valence-electron chi connectivity index (χ1n) is 20.7. The Morgan fingerprint density at radius 2 is 0.723 bits per heavy atom. The van der Waals surface area contributed by atoms with E-state index >= 15 is 0 Å². The van der Waals surface area contributed by atoms with Crippen LogP contribution in [0.1, 0.15) is 74.8 Å². The first-order chi connectivity index (χ1) is 31.8. The monoisotopic (exact) mass is 840 g/mol. The van der Waals surface area contributed by atoms with Crippen molar-refractivity contribution in [3.05, 3.63) is 238 Å². The molecule has 2 aliphatic heterocycles. The number of anilines is 2. The molecule has 0 saturated carbocycles. The van der Waals surface area contributed by atoms with Crippen LogP contribution >= 0.6 is 0 Å². The van der Waals surface area contributed by atoms with Gasteiger partial charge >= 0.3 is 0 Å². The van der Waals surface area contributed by atoms with Crippen LogP contribution in [0.4, 0.5) is 11.4 Å². The maximum atomic E-state index is 13.5. The second-order valence-corrected chi connectivity index (χ2v) is 15.8. The topological polar surface area (TPSA) is 93.2 Å². The van der Waals surface area contributed by atoms with Crippen LogP contribution in [-0.2, 0) is 5.41 Å². The molecule has 2 heterocycles. The summed E-state index contributed by atoms with van der Waals surface area (Å²) in [5.41, 5.74) is 9.02. The van der Waals surface area contributed by atoms with Gasteiger partial charge in [0.1, 0.15) is 23.0 Å². The number of imide groups is 2. The van der Waals surface area contributed by atoms with Crippen LogP contribution in [-0.4, -0.2) is 23.6 Å². The van der Waals surface area contributed by atoms with Gasteiger partial charge in [-0.15, -0.1) is 12.8 Å². The average molecular weight is 841 g/mol. The van der Waals surface area contributed by atoms with E-state index < -0.39 is 29.0 Å². The maximum Gasteiger partial charge on any atom is 0.266 e. The molecule has 4 amide bonds. The molecule has 0 N–H and O–H groups in total. The molecule has 0 fully saturated rings. The molecule has 3 aliphatic rings. The van der Waals surface area contributed by atoms with Gasteiger partial charge in [0.25, 0.3) is 23.6 Å². The maximum absolute atomic E-state index is 13.5. The molecular formula is C57H32N2O6. The standard InChI is InChI=1S/C57H32N2O6/c1-3-35-13-21-39(22-14-35)58-53(60)47-31-29-43(33-49(47)55(58)62)64-41-25-17-37(18-26-41)57(51-11-7-5-9-45(51)46-10-6-8-12-52(46)57)38-19-27-42(28-20-38)65-44-30-32-48-50(34-44)56(63)59(54(48)61)40-23-15-36(4-2)16-24-40/h1-2,5-34H. The number of fused-ring (bicyclic) bond motifs is 5. The van der Waals surface area contributed by atoms with Crippen molar-refractivity contribution in [3.63, 3.8) is 0 Å². The summed E-state index contributed by atoms with van der Waals surface area (Å²) < 4.78 is 12.7. The third-order valence-electron chi connectivity index (χ3n) is 12.3. The molecule has 8 nitrogen and oxygen atoms in total. The third kappa shape index (κ3) is 6.05. The zero-order chi connectivity index (χ0) is 44.4. The Morgan fingerprint density at radius 3 is 1.11 bits per heavy atom. The zero-order valence-corrected chi connectivity index (χ0v) is 34.3. The van der Waals surface area contributed by atoms with E-state index in [-0.39, 0.29) is 11.1 Å². The van der Waals surface area contributed by atoms with Crippen LogP contribution < -0.4 is 19.3 Å². The van der Waals surface area contributed by atoms with Crippen LogP contribution in [0.15, 0.2) is 182 Å². The molecular weight excluding hydrogens is 809 g/mol. The molecule has 1 aliphatic carbocycles. The number of terminal acetylenes is 2. The lowest BCUT2D eigenvalue weighted by Gasteiger charge is -2.34. The first kappa shape index (κ1) is 38.7. The van der Waals surface area contributed by atoms with Gasteiger partial charge in [0.15, 0.2) is 0 Å². The van der Waals surface area contributed by atoms with Gasteiger partial charge in [0.2, 0.25) is 0 Å². The Balaban J connectivity index is 0.894. The minimum Gasteiger partial charge on any atom is -0.457 e. The molecule has 8 aromatic rings. The Bertz CT molecular complexity index is 3180. The van der Waals surface area contributed by atoms with Gasteiger partial charge in [-0.2, -0.15) is 0 Å². The predicted molar refractivity (Wildman–Crippen MR) is 248 cm³/mol. The number of nitrogens with zero attached hydrogens (tertiary/aromatic N) is 2. The molecule has 8 heteroatoms. The molecule has 306 valence electrons. The van der Waals surface area contributed by atoms with Gasteiger partial charge < -0.3 is 9.47 Å². The number of ether oxygens (including phenoxy) is 2. The highest BCUT2D eigenvalue weighted by Gasteiger charge is 2.46. The summed E-state index contributed by atoms with van der Waals surface area (Å²) in [4.78, 5) is 56.1. The minimum atomic E-state index is -0.727. The zero-order valence-electron chi connectivity index (χ0n) is 34.3. The minimum absolute atomic E-state index is 0.255. The van der Waals surface area contributed by atoms with Crippen molar-refractivity contribution in [2.45, 2.75) is 5.41 Å². The summed E-state index contributed by atoms with van der Waals surface area (Å²) in [6, 6.07) is 55.9. The average Bonchev–Trinajstić information content (AvgIpc) is 3.89. The summed E-state index contributed by atoms with van der Waals surface area (Å²) in [5.74, 6) is 5.31. The van der Waals surface area contributed by atoms with Crippen LogP contribution in [0.3, 0.4) is 0 Å². The van der Waals surface area contributed by atoms with E-state index in [1.54, 1.807) is 84.9 Å². The van der Waals surface area contributed by atoms with E-state index in [1.807, 2.05) is 36.4 Å². The first-order valence-corrected chi connectivity index (χ1v) is 20.7. The number of carbonyl (C=O) groups is 4. The summed E-state index contributed by atoms with van der Waals surface area (Å²) >= 11 is 0. The van der Waals surface area contributed by atoms with E-state index in [2.05, 4.69) is 72.5 Å². The van der Waals surface area contributed by atoms with Gasteiger partial charge in [-0.3, -0.25) is 19.2 Å². The predicted octanol–water partition coefficient (Wildman–Crippen LogP) is 11.2. The van der Waals surface area contributed by atoms with Crippen molar-refractivity contribution in [1.29, 1.82) is 0 Å². The van der Waals surface area contributed by atoms with Crippen molar-refractivity contribution < 1.29 is 28.7 Å². The number of carbonyl (C=O) groups excluding carboxylic acids is 4. The summed E-state index contributed by atoms with van der Waals surface area (Å²) in [6.45, 7) is 0. The highest BCUT2D eigenvalue weighted by Crippen LogP contribution is 2.56. The Labute approximate surface area is 373 Å². The fourth-order valence-corrected chi connectivity index (χ4v) is 9.29. The molecule has 0 spiro atoms.